The van der Waals surface area contributed by atoms with E-state index in [1.807, 2.05) is 0 Å². The summed E-state index contributed by atoms with van der Waals surface area (Å²) in [6.07, 6.45) is 0. The van der Waals surface area contributed by atoms with Crippen molar-refractivity contribution < 1.29 is 19.0 Å². The normalized spacial score (nSPS) is 10.9. The highest BCUT2D eigenvalue weighted by molar-refractivity contribution is 5.87. The van der Waals surface area contributed by atoms with Gasteiger partial charge in [-0.1, -0.05) is 0 Å². The van der Waals surface area contributed by atoms with Crippen molar-refractivity contribution >= 4 is 18.4 Å². The monoisotopic (exact) mass is 319 g/mol. The van der Waals surface area contributed by atoms with E-state index in [1.165, 1.54) is 12.1 Å². The molecular weight excluding hydrogens is 297 g/mol. The Morgan fingerprint density at radius 3 is 2.29 bits per heavy atom. The van der Waals surface area contributed by atoms with E-state index in [-0.39, 0.29) is 23.7 Å². The molecule has 0 fully saturated rings. The first-order valence-electron chi connectivity index (χ1n) is 6.74. The molecule has 1 aromatic carbocycles. The molecule has 0 atom stereocenters. The number of halogens is 2. The summed E-state index contributed by atoms with van der Waals surface area (Å²) in [5.74, 6) is -1.71. The molecule has 1 aromatic rings. The van der Waals surface area contributed by atoms with Crippen LogP contribution >= 0.6 is 12.4 Å². The van der Waals surface area contributed by atoms with E-state index in [9.17, 15) is 9.18 Å². The van der Waals surface area contributed by atoms with Gasteiger partial charge in [0.25, 0.3) is 0 Å². The van der Waals surface area contributed by atoms with Crippen LogP contribution in [0.15, 0.2) is 18.2 Å². The lowest BCUT2D eigenvalue weighted by molar-refractivity contribution is 0.0696. The van der Waals surface area contributed by atoms with Gasteiger partial charge in [0, 0.05) is 18.6 Å². The molecule has 1 rings (SSSR count). The molecule has 0 saturated heterocycles. The summed E-state index contributed by atoms with van der Waals surface area (Å²) >= 11 is 0. The molecule has 0 aromatic heterocycles. The molecule has 21 heavy (non-hydrogen) atoms. The number of carboxylic acid groups (broad SMARTS) is 1. The molecule has 0 radical (unpaired) electrons. The van der Waals surface area contributed by atoms with Crippen molar-refractivity contribution in [3.8, 4) is 5.75 Å². The summed E-state index contributed by atoms with van der Waals surface area (Å²) in [7, 11) is 0. The summed E-state index contributed by atoms with van der Waals surface area (Å²) in [5.41, 5.74) is -0.0826. The highest BCUT2D eigenvalue weighted by Crippen LogP contribution is 2.18. The Morgan fingerprint density at radius 1 is 1.29 bits per heavy atom. The third-order valence-electron chi connectivity index (χ3n) is 3.11. The summed E-state index contributed by atoms with van der Waals surface area (Å²) in [6.45, 7) is 9.45. The molecule has 0 heterocycles. The van der Waals surface area contributed by atoms with Crippen LogP contribution in [0, 0.1) is 5.82 Å². The van der Waals surface area contributed by atoms with Gasteiger partial charge < -0.3 is 9.84 Å². The van der Waals surface area contributed by atoms with Crippen molar-refractivity contribution in [1.29, 1.82) is 0 Å². The zero-order chi connectivity index (χ0) is 15.3. The van der Waals surface area contributed by atoms with Gasteiger partial charge in [0.1, 0.15) is 6.61 Å². The summed E-state index contributed by atoms with van der Waals surface area (Å²) in [6, 6.07) is 4.44. The van der Waals surface area contributed by atoms with Gasteiger partial charge >= 0.3 is 5.97 Å². The van der Waals surface area contributed by atoms with Crippen LogP contribution in [-0.2, 0) is 0 Å². The van der Waals surface area contributed by atoms with Crippen molar-refractivity contribution in [3.63, 3.8) is 0 Å². The van der Waals surface area contributed by atoms with Crippen LogP contribution in [0.3, 0.4) is 0 Å². The van der Waals surface area contributed by atoms with Crippen molar-refractivity contribution in [3.05, 3.63) is 29.6 Å². The van der Waals surface area contributed by atoms with E-state index >= 15 is 0 Å². The Labute approximate surface area is 131 Å². The summed E-state index contributed by atoms with van der Waals surface area (Å²) < 4.78 is 19.0. The minimum Gasteiger partial charge on any atom is -0.489 e. The van der Waals surface area contributed by atoms with E-state index in [0.717, 1.165) is 6.07 Å². The number of benzene rings is 1. The van der Waals surface area contributed by atoms with Gasteiger partial charge in [0.05, 0.1) is 5.56 Å². The van der Waals surface area contributed by atoms with E-state index in [0.29, 0.717) is 25.2 Å². The van der Waals surface area contributed by atoms with E-state index in [2.05, 4.69) is 32.6 Å². The maximum absolute atomic E-state index is 13.7. The minimum atomic E-state index is -1.15. The van der Waals surface area contributed by atoms with Crippen LogP contribution in [-0.4, -0.2) is 41.2 Å². The second kappa shape index (κ2) is 8.85. The van der Waals surface area contributed by atoms with Crippen LogP contribution in [0.5, 0.6) is 5.75 Å². The fraction of sp³-hybridized carbons (Fsp3) is 0.533. The molecule has 120 valence electrons. The number of hydrogen-bond acceptors (Lipinski definition) is 3. The third kappa shape index (κ3) is 5.89. The van der Waals surface area contributed by atoms with Crippen LogP contribution in [0.2, 0.25) is 0 Å². The minimum absolute atomic E-state index is 0. The van der Waals surface area contributed by atoms with Crippen molar-refractivity contribution in [1.82, 2.24) is 4.90 Å². The molecule has 0 unspecified atom stereocenters. The predicted octanol–water partition coefficient (Wildman–Crippen LogP) is 3.44. The van der Waals surface area contributed by atoms with Crippen molar-refractivity contribution in [2.75, 3.05) is 13.2 Å². The Kier molecular flexibility index (Phi) is 8.29. The lowest BCUT2D eigenvalue weighted by Crippen LogP contribution is -2.39. The highest BCUT2D eigenvalue weighted by atomic mass is 35.5. The third-order valence-corrected chi connectivity index (χ3v) is 3.11. The quantitative estimate of drug-likeness (QED) is 0.836. The Bertz CT molecular complexity index is 458. The fourth-order valence-electron chi connectivity index (χ4n) is 2.12. The number of rotatable bonds is 7. The number of nitrogens with zero attached hydrogens (tertiary/aromatic N) is 1. The molecule has 4 nitrogen and oxygen atoms in total. The van der Waals surface area contributed by atoms with Crippen LogP contribution in [0.4, 0.5) is 4.39 Å². The van der Waals surface area contributed by atoms with Gasteiger partial charge in [-0.15, -0.1) is 12.4 Å². The highest BCUT2D eigenvalue weighted by Gasteiger charge is 2.14. The average Bonchev–Trinajstić information content (AvgIpc) is 2.34. The zero-order valence-electron chi connectivity index (χ0n) is 12.8. The summed E-state index contributed by atoms with van der Waals surface area (Å²) in [5, 5.41) is 8.76. The first-order valence-corrected chi connectivity index (χ1v) is 6.74. The largest absolute Gasteiger partial charge is 0.489 e. The van der Waals surface area contributed by atoms with Gasteiger partial charge in [-0.25, -0.2) is 9.18 Å². The zero-order valence-corrected chi connectivity index (χ0v) is 13.6. The Balaban J connectivity index is 0.00000400. The van der Waals surface area contributed by atoms with E-state index < -0.39 is 11.8 Å². The molecule has 0 saturated carbocycles. The molecule has 0 bridgehead atoms. The Hall–Kier alpha value is -1.33. The Morgan fingerprint density at radius 2 is 1.86 bits per heavy atom. The molecule has 0 amide bonds. The molecule has 0 aliphatic rings. The second-order valence-corrected chi connectivity index (χ2v) is 5.22. The number of carbonyl (C=O) groups is 1. The number of carboxylic acids is 1. The fourth-order valence-corrected chi connectivity index (χ4v) is 2.12. The predicted molar refractivity (Wildman–Crippen MR) is 83.1 cm³/mol. The molecule has 0 aliphatic heterocycles. The maximum atomic E-state index is 13.7. The molecule has 1 N–H and O–H groups in total. The molecule has 0 spiro atoms. The number of hydrogen-bond donors (Lipinski definition) is 1. The van der Waals surface area contributed by atoms with Gasteiger partial charge in [-0.05, 0) is 45.9 Å². The number of ether oxygens (including phenoxy) is 1. The molecule has 0 aliphatic carbocycles. The van der Waals surface area contributed by atoms with Crippen LogP contribution in [0.25, 0.3) is 0 Å². The first-order chi connectivity index (χ1) is 9.32. The maximum Gasteiger partial charge on any atom is 0.335 e. The topological polar surface area (TPSA) is 49.8 Å². The van der Waals surface area contributed by atoms with Crippen molar-refractivity contribution in [2.24, 2.45) is 0 Å². The van der Waals surface area contributed by atoms with Gasteiger partial charge in [0.15, 0.2) is 11.6 Å². The average molecular weight is 320 g/mol. The number of aromatic carboxylic acids is 1. The smallest absolute Gasteiger partial charge is 0.335 e. The van der Waals surface area contributed by atoms with Crippen LogP contribution < -0.4 is 4.74 Å². The molecule has 6 heteroatoms. The first kappa shape index (κ1) is 19.7. The van der Waals surface area contributed by atoms with E-state index in [4.69, 9.17) is 9.84 Å². The van der Waals surface area contributed by atoms with Crippen LogP contribution in [0.1, 0.15) is 38.1 Å². The van der Waals surface area contributed by atoms with E-state index in [1.54, 1.807) is 0 Å². The van der Waals surface area contributed by atoms with Gasteiger partial charge in [-0.3, -0.25) is 4.90 Å². The summed E-state index contributed by atoms with van der Waals surface area (Å²) in [4.78, 5) is 12.9. The van der Waals surface area contributed by atoms with Crippen molar-refractivity contribution in [2.45, 2.75) is 39.8 Å². The lowest BCUT2D eigenvalue weighted by atomic mass is 10.2. The molecular formula is C15H23ClFNO3. The second-order valence-electron chi connectivity index (χ2n) is 5.22. The SMILES string of the molecule is CC(C)N(CCOc1ccc(C(=O)O)cc1F)C(C)C.Cl. The van der Waals surface area contributed by atoms with Gasteiger partial charge in [-0.2, -0.15) is 0 Å². The standard InChI is InChI=1S/C15H22FNO3.ClH/c1-10(2)17(11(3)4)7-8-20-14-6-5-12(15(18)19)9-13(14)16;/h5-6,9-11H,7-8H2,1-4H3,(H,18,19);1H. The van der Waals surface area contributed by atoms with Gasteiger partial charge in [0.2, 0.25) is 0 Å². The lowest BCUT2D eigenvalue weighted by Gasteiger charge is -2.30.